The van der Waals surface area contributed by atoms with Gasteiger partial charge < -0.3 is 44.3 Å². The molecule has 14 atom stereocenters. The molecule has 2 heterocycles. The maximum absolute atomic E-state index is 13.5. The van der Waals surface area contributed by atoms with E-state index in [1.54, 1.807) is 47.1 Å². The second-order valence-corrected chi connectivity index (χ2v) is 19.0. The fourth-order valence-corrected chi connectivity index (χ4v) is 9.48. The van der Waals surface area contributed by atoms with Crippen LogP contribution in [0.2, 0.25) is 0 Å². The molecule has 1 saturated carbocycles. The van der Waals surface area contributed by atoms with Crippen molar-refractivity contribution in [2.75, 3.05) is 27.9 Å². The quantitative estimate of drug-likeness (QED) is 0.0353. The number of rotatable bonds is 24. The molecule has 2 saturated heterocycles. The molecule has 2 aliphatic heterocycles. The smallest absolute Gasteiger partial charge is 0.326 e. The van der Waals surface area contributed by atoms with E-state index in [1.165, 1.54) is 7.11 Å². The van der Waals surface area contributed by atoms with Gasteiger partial charge in [0, 0.05) is 52.0 Å². The average molecular weight is 914 g/mol. The van der Waals surface area contributed by atoms with E-state index in [4.69, 9.17) is 18.9 Å². The van der Waals surface area contributed by atoms with Gasteiger partial charge in [0.25, 0.3) is 11.7 Å². The summed E-state index contributed by atoms with van der Waals surface area (Å²) in [7, 11) is 4.58. The predicted octanol–water partition coefficient (Wildman–Crippen LogP) is 6.51. The van der Waals surface area contributed by atoms with Crippen LogP contribution in [0, 0.1) is 35.5 Å². The van der Waals surface area contributed by atoms with E-state index < -0.39 is 77.8 Å². The van der Waals surface area contributed by atoms with Gasteiger partial charge in [-0.15, -0.1) is 0 Å². The number of ether oxygens (including phenoxy) is 4. The number of allylic oxidation sites excluding steroid dienone is 8. The maximum Gasteiger partial charge on any atom is 0.326 e. The number of hydrogen-bond acceptors (Lipinski definition) is 12. The monoisotopic (exact) mass is 914 g/mol. The molecule has 366 valence electrons. The van der Waals surface area contributed by atoms with Gasteiger partial charge in [-0.1, -0.05) is 77.2 Å². The van der Waals surface area contributed by atoms with Crippen molar-refractivity contribution < 1.29 is 63.3 Å². The molecule has 0 spiro atoms. The van der Waals surface area contributed by atoms with Gasteiger partial charge in [0.2, 0.25) is 5.79 Å². The van der Waals surface area contributed by atoms with E-state index in [9.17, 15) is 44.4 Å². The van der Waals surface area contributed by atoms with Gasteiger partial charge in [0.05, 0.1) is 24.4 Å². The summed E-state index contributed by atoms with van der Waals surface area (Å²) < 4.78 is 22.7. The highest BCUT2D eigenvalue weighted by Crippen LogP contribution is 2.37. The zero-order valence-corrected chi connectivity index (χ0v) is 40.5. The lowest BCUT2D eigenvalue weighted by molar-refractivity contribution is -0.265. The lowest BCUT2D eigenvalue weighted by atomic mass is 9.80. The van der Waals surface area contributed by atoms with E-state index in [0.29, 0.717) is 56.4 Å². The number of ketones is 3. The SMILES string of the molecule is CO[C@@H](C[C@@H]1CC[C@@H](C)[C@](O)(C(=O)C(=O)N2CCCC[C@H]2C(=O)O)O1)C(C)=C/C=C/C=C/[C@@H](C)C[C@@H](C)C(=O)[C@H](OC)[C@H](O)/C(C)=C/[C@@H](C)C(=O)/C=C/[C@H](C)C[C@@H]1CC[C@@H](O)[C@H](OC)C1. The van der Waals surface area contributed by atoms with Crippen LogP contribution in [-0.2, 0) is 42.9 Å². The number of nitrogens with zero attached hydrogens (tertiary/aromatic N) is 1. The van der Waals surface area contributed by atoms with E-state index in [0.717, 1.165) is 29.7 Å². The maximum atomic E-state index is 13.5. The van der Waals surface area contributed by atoms with Gasteiger partial charge in [-0.25, -0.2) is 4.79 Å². The van der Waals surface area contributed by atoms with Crippen molar-refractivity contribution in [3.05, 3.63) is 59.8 Å². The van der Waals surface area contributed by atoms with Crippen LogP contribution in [0.1, 0.15) is 119 Å². The Hall–Kier alpha value is -3.63. The predicted molar refractivity (Wildman–Crippen MR) is 247 cm³/mol. The van der Waals surface area contributed by atoms with Crippen LogP contribution in [0.4, 0.5) is 0 Å². The zero-order valence-electron chi connectivity index (χ0n) is 40.5. The first-order valence-electron chi connectivity index (χ1n) is 23.6. The van der Waals surface area contributed by atoms with Gasteiger partial charge in [-0.05, 0) is 113 Å². The summed E-state index contributed by atoms with van der Waals surface area (Å²) >= 11 is 0. The molecule has 0 unspecified atom stereocenters. The highest BCUT2D eigenvalue weighted by molar-refractivity contribution is 6.39. The van der Waals surface area contributed by atoms with Gasteiger partial charge in [0.1, 0.15) is 18.2 Å². The number of likely N-dealkylation sites (tertiary alicyclic amines) is 1. The number of hydrogen-bond donors (Lipinski definition) is 4. The number of carboxylic acids is 1. The van der Waals surface area contributed by atoms with Crippen LogP contribution in [0.15, 0.2) is 59.8 Å². The Morgan fingerprint density at radius 1 is 0.862 bits per heavy atom. The second-order valence-electron chi connectivity index (χ2n) is 19.0. The largest absolute Gasteiger partial charge is 0.480 e. The Balaban J connectivity index is 1.51. The normalized spacial score (nSPS) is 29.3. The Kier molecular flexibility index (Phi) is 22.8. The number of carboxylic acid groups (broad SMARTS) is 1. The summed E-state index contributed by atoms with van der Waals surface area (Å²) in [6.07, 6.45) is 17.4. The summed E-state index contributed by atoms with van der Waals surface area (Å²) in [6.45, 7) is 13.0. The highest BCUT2D eigenvalue weighted by atomic mass is 16.6. The summed E-state index contributed by atoms with van der Waals surface area (Å²) in [6, 6.07) is -1.12. The highest BCUT2D eigenvalue weighted by Gasteiger charge is 2.52. The number of aliphatic carboxylic acids is 1. The summed E-state index contributed by atoms with van der Waals surface area (Å²) in [5.74, 6) is -7.06. The number of amides is 1. The number of Topliss-reactive ketones (excluding diaryl/α,β-unsaturated/α-hetero) is 2. The summed E-state index contributed by atoms with van der Waals surface area (Å²) in [4.78, 5) is 66.1. The van der Waals surface area contributed by atoms with Crippen LogP contribution in [-0.4, -0.2) is 131 Å². The van der Waals surface area contributed by atoms with Crippen molar-refractivity contribution in [2.24, 2.45) is 35.5 Å². The average Bonchev–Trinajstić information content (AvgIpc) is 3.28. The Morgan fingerprint density at radius 2 is 1.57 bits per heavy atom. The zero-order chi connectivity index (χ0) is 48.6. The number of piperidine rings is 1. The minimum Gasteiger partial charge on any atom is -0.480 e. The van der Waals surface area contributed by atoms with E-state index in [2.05, 4.69) is 6.92 Å². The number of methoxy groups -OCH3 is 3. The minimum atomic E-state index is -2.38. The molecule has 0 aromatic heterocycles. The molecular formula is C51H79NO13. The van der Waals surface area contributed by atoms with Crippen LogP contribution >= 0.6 is 0 Å². The molecule has 3 fully saturated rings. The lowest BCUT2D eigenvalue weighted by Gasteiger charge is -2.42. The molecule has 1 amide bonds. The number of aliphatic hydroxyl groups is 3. The molecule has 4 N–H and O–H groups in total. The van der Waals surface area contributed by atoms with Gasteiger partial charge in [-0.3, -0.25) is 19.2 Å². The van der Waals surface area contributed by atoms with Crippen molar-refractivity contribution in [3.63, 3.8) is 0 Å². The van der Waals surface area contributed by atoms with E-state index in [1.807, 2.05) is 57.2 Å². The van der Waals surface area contributed by atoms with Crippen molar-refractivity contribution in [1.82, 2.24) is 4.90 Å². The molecule has 65 heavy (non-hydrogen) atoms. The van der Waals surface area contributed by atoms with Crippen LogP contribution < -0.4 is 0 Å². The fraction of sp³-hybridized carbons (Fsp3) is 0.706. The Bertz CT molecular complexity index is 1750. The Morgan fingerprint density at radius 3 is 2.22 bits per heavy atom. The first-order chi connectivity index (χ1) is 30.7. The van der Waals surface area contributed by atoms with Crippen molar-refractivity contribution >= 4 is 29.2 Å². The molecular weight excluding hydrogens is 835 g/mol. The lowest BCUT2D eigenvalue weighted by Crippen LogP contribution is -2.60. The van der Waals surface area contributed by atoms with E-state index >= 15 is 0 Å². The summed E-state index contributed by atoms with van der Waals surface area (Å²) in [5.41, 5.74) is 1.35. The van der Waals surface area contributed by atoms with Crippen LogP contribution in [0.5, 0.6) is 0 Å². The van der Waals surface area contributed by atoms with Crippen molar-refractivity contribution in [3.8, 4) is 0 Å². The molecule has 1 aliphatic carbocycles. The fourth-order valence-electron chi connectivity index (χ4n) is 9.48. The summed E-state index contributed by atoms with van der Waals surface area (Å²) in [5, 5.41) is 42.4. The second kappa shape index (κ2) is 26.6. The van der Waals surface area contributed by atoms with Gasteiger partial charge >= 0.3 is 5.97 Å². The molecule has 3 rings (SSSR count). The van der Waals surface area contributed by atoms with Gasteiger partial charge in [0.15, 0.2) is 11.6 Å². The molecule has 3 aliphatic rings. The van der Waals surface area contributed by atoms with Crippen molar-refractivity contribution in [2.45, 2.75) is 168 Å². The molecule has 0 bridgehead atoms. The minimum absolute atomic E-state index is 0.0173. The van der Waals surface area contributed by atoms with E-state index in [-0.39, 0.29) is 42.5 Å². The third kappa shape index (κ3) is 16.0. The first kappa shape index (κ1) is 55.7. The number of carbonyl (C=O) groups excluding carboxylic acids is 4. The Labute approximate surface area is 387 Å². The molecule has 14 heteroatoms. The third-order valence-electron chi connectivity index (χ3n) is 13.7. The van der Waals surface area contributed by atoms with Gasteiger partial charge in [-0.2, -0.15) is 0 Å². The third-order valence-corrected chi connectivity index (χ3v) is 13.7. The van der Waals surface area contributed by atoms with Crippen LogP contribution in [0.25, 0.3) is 0 Å². The molecule has 14 nitrogen and oxygen atoms in total. The first-order valence-corrected chi connectivity index (χ1v) is 23.6. The van der Waals surface area contributed by atoms with Crippen molar-refractivity contribution in [1.29, 1.82) is 0 Å². The number of aliphatic hydroxyl groups excluding tert-OH is 2. The molecule has 0 radical (unpaired) electrons. The molecule has 0 aromatic carbocycles. The topological polar surface area (TPSA) is 206 Å². The molecule has 0 aromatic rings. The van der Waals surface area contributed by atoms with Crippen LogP contribution in [0.3, 0.4) is 0 Å². The standard InChI is InChI=1S/C51H79NO13/c1-31(26-35(5)45(55)47(64-10)46(56)36(6)28-34(4)41(53)23-19-32(2)27-38-21-24-42(54)44(29-38)63-9)16-12-11-13-17-33(3)43(62-8)30-39-22-20-37(7)51(61,65-39)48(57)49(58)52-25-15-14-18-40(52)50(59)60/h11-13,16-17,19,23,28,31-32,34-35,37-40,42-44,46-47,54,56,61H,14-15,18,20-22,24-27,29-30H2,1-10H3,(H,59,60)/b13-11+,16-12+,23-19+,33-17?,36-28+/t31-,32+,34-,35-,37-,38+,39+,40+,42-,43+,44-,46-,47+,51-/m1/s1. The number of carbonyl (C=O) groups is 5.